The van der Waals surface area contributed by atoms with Gasteiger partial charge in [0.05, 0.1) is 71.1 Å². The van der Waals surface area contributed by atoms with Gasteiger partial charge in [-0.15, -0.1) is 0 Å². The molecule has 2 atom stereocenters. The van der Waals surface area contributed by atoms with Crippen LogP contribution in [0.3, 0.4) is 0 Å². The van der Waals surface area contributed by atoms with Crippen LogP contribution in [0, 0.1) is 0 Å². The van der Waals surface area contributed by atoms with E-state index in [2.05, 4.69) is 10.2 Å². The van der Waals surface area contributed by atoms with Crippen molar-refractivity contribution in [2.75, 3.05) is 13.2 Å². The van der Waals surface area contributed by atoms with Crippen LogP contribution in [0.1, 0.15) is 118 Å². The highest BCUT2D eigenvalue weighted by Crippen LogP contribution is 2.59. The molecule has 0 amide bonds. The number of benzene rings is 4. The quantitative estimate of drug-likeness (QED) is 0.0447. The van der Waals surface area contributed by atoms with E-state index in [0.717, 1.165) is 5.46 Å². The Labute approximate surface area is 467 Å². The van der Waals surface area contributed by atoms with E-state index in [4.69, 9.17) is 30.4 Å². The fourth-order valence-electron chi connectivity index (χ4n) is 9.45. The van der Waals surface area contributed by atoms with Crippen LogP contribution in [0.2, 0.25) is 5.02 Å². The summed E-state index contributed by atoms with van der Waals surface area (Å²) in [7, 11) is -0.402. The smallest absolute Gasteiger partial charge is 0.493 e. The van der Waals surface area contributed by atoms with E-state index >= 15 is 0 Å². The Balaban J connectivity index is 0.000000182. The molecule has 6 aromatic rings. The average Bonchev–Trinajstić information content (AvgIpc) is 4.11. The minimum absolute atomic E-state index is 0.0633. The van der Waals surface area contributed by atoms with E-state index in [1.807, 2.05) is 33.9 Å². The van der Waals surface area contributed by atoms with Crippen molar-refractivity contribution in [3.05, 3.63) is 125 Å². The van der Waals surface area contributed by atoms with Crippen LogP contribution >= 0.6 is 11.6 Å². The first-order chi connectivity index (χ1) is 36.6. The summed E-state index contributed by atoms with van der Waals surface area (Å²) in [5.41, 5.74) is -9.34. The minimum atomic E-state index is -4.98. The standard InChI is InChI=1S/C26H29F3N2O4.C19H18ClF3O3.C13H23BN2O3/c1-23(2,32)9-10-35-17-11-19(16-13-30-31(14-16)15-24(3,4)33)22-18-7-5-6-8-20(18)25(34,21(22)12-17)26(27,28)29;1-17(2,24)7-8-26-11-9-14-16(15(20)10-11)12-5-3-4-6-13(12)18(14,25)19(21,22)23;1-11(2,17)9-16-8-10(7-15-16)14-18-12(3,4)13(5,6)19-14/h5-8,11-14,32-34H,9-10,15H2,1-4H3;3-6,9-10,24-25H,7-8H2,1-2H3;7-8,17H,9H2,1-6H3/t25-;18-;/m11./s1. The number of fused-ring (bicyclic) bond motifs is 6. The molecule has 2 aromatic heterocycles. The molecule has 0 spiro atoms. The zero-order chi connectivity index (χ0) is 59.6. The Bertz CT molecular complexity index is 3170. The molecule has 1 saturated heterocycles. The number of halogens is 7. The SMILES string of the molecule is CC(C)(O)CCOc1cc(-c2cnn(CC(C)(C)O)c2)c2c(c1)[C@@](O)(C(F)(F)F)c1ccccc1-2.CC(C)(O)CCOc1cc(Cl)c2c(c1)[C@@](O)(C(F)(F)F)c1ccccc1-2.CC(C)(O)Cn1cc(B2OC(C)(C)C(C)(C)O2)cn1. The van der Waals surface area contributed by atoms with Gasteiger partial charge in [0.15, 0.2) is 0 Å². The van der Waals surface area contributed by atoms with Crippen LogP contribution in [-0.4, -0.2) is 116 Å². The van der Waals surface area contributed by atoms with Crippen molar-refractivity contribution in [2.45, 2.75) is 166 Å². The Kier molecular flexibility index (Phi) is 16.8. The molecule has 0 saturated carbocycles. The predicted octanol–water partition coefficient (Wildman–Crippen LogP) is 10.3. The normalized spacial score (nSPS) is 19.3. The van der Waals surface area contributed by atoms with Gasteiger partial charge in [0.25, 0.3) is 0 Å². The Morgan fingerprint density at radius 3 is 1.41 bits per heavy atom. The van der Waals surface area contributed by atoms with Crippen LogP contribution < -0.4 is 14.9 Å². The van der Waals surface area contributed by atoms with Gasteiger partial charge in [0, 0.05) is 70.3 Å². The fraction of sp³-hybridized carbons (Fsp3) is 0.483. The third-order valence-corrected chi connectivity index (χ3v) is 14.4. The van der Waals surface area contributed by atoms with Crippen molar-refractivity contribution in [1.29, 1.82) is 0 Å². The van der Waals surface area contributed by atoms with Crippen LogP contribution in [0.5, 0.6) is 11.5 Å². The van der Waals surface area contributed by atoms with Gasteiger partial charge in [-0.05, 0) is 130 Å². The van der Waals surface area contributed by atoms with E-state index in [1.54, 1.807) is 96.7 Å². The summed E-state index contributed by atoms with van der Waals surface area (Å²) in [6, 6.07) is 17.1. The zero-order valence-corrected chi connectivity index (χ0v) is 47.6. The summed E-state index contributed by atoms with van der Waals surface area (Å²) in [5, 5.41) is 70.0. The molecule has 14 nitrogen and oxygen atoms in total. The predicted molar refractivity (Wildman–Crippen MR) is 291 cm³/mol. The highest BCUT2D eigenvalue weighted by Gasteiger charge is 2.63. The van der Waals surface area contributed by atoms with E-state index in [0.29, 0.717) is 17.7 Å². The lowest BCUT2D eigenvalue weighted by atomic mass is 9.82. The van der Waals surface area contributed by atoms with Crippen molar-refractivity contribution in [3.8, 4) is 44.9 Å². The number of aromatic nitrogens is 4. The van der Waals surface area contributed by atoms with Crippen molar-refractivity contribution < 1.29 is 75.8 Å². The molecule has 22 heteroatoms. The molecule has 2 aliphatic carbocycles. The second kappa shape index (κ2) is 21.7. The molecule has 3 aliphatic rings. The van der Waals surface area contributed by atoms with Gasteiger partial charge in [-0.3, -0.25) is 9.36 Å². The molecule has 1 fully saturated rings. The molecule has 434 valence electrons. The highest BCUT2D eigenvalue weighted by molar-refractivity contribution is 6.62. The van der Waals surface area contributed by atoms with Crippen molar-refractivity contribution in [2.24, 2.45) is 0 Å². The molecule has 0 bridgehead atoms. The Hall–Kier alpha value is -5.49. The summed E-state index contributed by atoms with van der Waals surface area (Å²) in [6.45, 7) is 22.1. The van der Waals surface area contributed by atoms with Crippen LogP contribution in [-0.2, 0) is 33.6 Å². The molecule has 4 aromatic carbocycles. The minimum Gasteiger partial charge on any atom is -0.493 e. The van der Waals surface area contributed by atoms with Crippen molar-refractivity contribution in [3.63, 3.8) is 0 Å². The molecular formula is C58H70BClF6N4O10. The molecule has 80 heavy (non-hydrogen) atoms. The fourth-order valence-corrected chi connectivity index (χ4v) is 9.76. The van der Waals surface area contributed by atoms with Crippen LogP contribution in [0.15, 0.2) is 97.6 Å². The number of hydrogen-bond donors (Lipinski definition) is 6. The highest BCUT2D eigenvalue weighted by atomic mass is 35.5. The van der Waals surface area contributed by atoms with Crippen LogP contribution in [0.25, 0.3) is 33.4 Å². The summed E-state index contributed by atoms with van der Waals surface area (Å²) in [5.74, 6) is 0.238. The Morgan fingerprint density at radius 1 is 0.550 bits per heavy atom. The van der Waals surface area contributed by atoms with Crippen molar-refractivity contribution >= 4 is 24.2 Å². The van der Waals surface area contributed by atoms with E-state index in [-0.39, 0.29) is 105 Å². The molecule has 3 heterocycles. The van der Waals surface area contributed by atoms with Gasteiger partial charge in [-0.2, -0.15) is 36.5 Å². The van der Waals surface area contributed by atoms with Gasteiger partial charge in [0.2, 0.25) is 11.2 Å². The van der Waals surface area contributed by atoms with Crippen molar-refractivity contribution in [1.82, 2.24) is 19.6 Å². The summed E-state index contributed by atoms with van der Waals surface area (Å²) < 4.78 is 111. The lowest BCUT2D eigenvalue weighted by molar-refractivity contribution is -0.247. The first kappa shape index (κ1) is 62.1. The number of aliphatic hydroxyl groups is 6. The summed E-state index contributed by atoms with van der Waals surface area (Å²) in [6.07, 6.45) is -2.63. The maximum absolute atomic E-state index is 14.4. The third-order valence-electron chi connectivity index (χ3n) is 14.1. The first-order valence-corrected chi connectivity index (χ1v) is 26.3. The second-order valence-electron chi connectivity index (χ2n) is 24.2. The number of hydrogen-bond acceptors (Lipinski definition) is 12. The number of alkyl halides is 6. The molecule has 0 unspecified atom stereocenters. The van der Waals surface area contributed by atoms with Gasteiger partial charge in [0.1, 0.15) is 11.5 Å². The van der Waals surface area contributed by atoms with E-state index in [1.165, 1.54) is 59.4 Å². The van der Waals surface area contributed by atoms with Gasteiger partial charge in [-0.1, -0.05) is 60.1 Å². The molecule has 0 radical (unpaired) electrons. The summed E-state index contributed by atoms with van der Waals surface area (Å²) >= 11 is 6.24. The Morgan fingerprint density at radius 2 is 0.963 bits per heavy atom. The maximum atomic E-state index is 14.4. The number of nitrogens with zero attached hydrogens (tertiary/aromatic N) is 4. The lowest BCUT2D eigenvalue weighted by Crippen LogP contribution is -2.41. The second-order valence-corrected chi connectivity index (χ2v) is 24.6. The van der Waals surface area contributed by atoms with E-state index in [9.17, 15) is 57.0 Å². The van der Waals surface area contributed by atoms with Crippen LogP contribution in [0.4, 0.5) is 26.3 Å². The van der Waals surface area contributed by atoms with Gasteiger partial charge in [-0.25, -0.2) is 0 Å². The first-order valence-electron chi connectivity index (χ1n) is 25.9. The molecular weight excluding hydrogens is 1070 g/mol. The van der Waals surface area contributed by atoms with E-state index < -0.39 is 53.1 Å². The van der Waals surface area contributed by atoms with Gasteiger partial charge >= 0.3 is 19.5 Å². The third kappa shape index (κ3) is 13.2. The number of ether oxygens (including phenoxy) is 2. The monoisotopic (exact) mass is 1140 g/mol. The molecule has 6 N–H and O–H groups in total. The molecule has 9 rings (SSSR count). The lowest BCUT2D eigenvalue weighted by Gasteiger charge is -2.32. The molecule has 1 aliphatic heterocycles. The largest absolute Gasteiger partial charge is 0.498 e. The van der Waals surface area contributed by atoms with Gasteiger partial charge < -0.3 is 49.4 Å². The average molecular weight is 1140 g/mol. The number of rotatable bonds is 14. The maximum Gasteiger partial charge on any atom is 0.498 e. The summed E-state index contributed by atoms with van der Waals surface area (Å²) in [4.78, 5) is 0. The topological polar surface area (TPSA) is 194 Å². The zero-order valence-electron chi connectivity index (χ0n) is 46.8.